The van der Waals surface area contributed by atoms with Crippen LogP contribution in [0.4, 0.5) is 11.5 Å². The number of carbonyl (C=O) groups is 1. The van der Waals surface area contributed by atoms with E-state index in [4.69, 9.17) is 0 Å². The standard InChI is InChI=1S/C20H19N3O/c1-3-19(24)16-6-4-5-15(11-16)18-12-20(22-13-21-18)23-17-9-7-14(2)8-10-17/h4-13H,3H2,1-2H3,(H,21,22,23). The van der Waals surface area contributed by atoms with E-state index in [2.05, 4.69) is 22.2 Å². The van der Waals surface area contributed by atoms with E-state index in [-0.39, 0.29) is 5.78 Å². The number of benzene rings is 2. The third-order valence-electron chi connectivity index (χ3n) is 3.79. The Morgan fingerprint density at radius 3 is 2.58 bits per heavy atom. The molecule has 0 aliphatic heterocycles. The third-order valence-corrected chi connectivity index (χ3v) is 3.79. The van der Waals surface area contributed by atoms with Gasteiger partial charge in [-0.15, -0.1) is 0 Å². The van der Waals surface area contributed by atoms with E-state index < -0.39 is 0 Å². The Hall–Kier alpha value is -3.01. The van der Waals surface area contributed by atoms with Gasteiger partial charge < -0.3 is 5.32 Å². The van der Waals surface area contributed by atoms with Gasteiger partial charge in [-0.2, -0.15) is 0 Å². The maximum Gasteiger partial charge on any atom is 0.162 e. The minimum absolute atomic E-state index is 0.129. The predicted molar refractivity (Wildman–Crippen MR) is 96.6 cm³/mol. The fourth-order valence-electron chi connectivity index (χ4n) is 2.42. The number of Topliss-reactive ketones (excluding diaryl/α,β-unsaturated/α-hetero) is 1. The van der Waals surface area contributed by atoms with Gasteiger partial charge in [-0.25, -0.2) is 9.97 Å². The molecule has 0 saturated heterocycles. The first-order chi connectivity index (χ1) is 11.7. The van der Waals surface area contributed by atoms with Gasteiger partial charge >= 0.3 is 0 Å². The van der Waals surface area contributed by atoms with Crippen molar-refractivity contribution in [3.05, 3.63) is 72.1 Å². The molecular formula is C20H19N3O. The number of nitrogens with one attached hydrogen (secondary N) is 1. The van der Waals surface area contributed by atoms with Crippen LogP contribution < -0.4 is 5.32 Å². The topological polar surface area (TPSA) is 54.9 Å². The second-order valence-electron chi connectivity index (χ2n) is 5.64. The average molecular weight is 317 g/mol. The first-order valence-electron chi connectivity index (χ1n) is 7.95. The summed E-state index contributed by atoms with van der Waals surface area (Å²) >= 11 is 0. The maximum atomic E-state index is 11.9. The van der Waals surface area contributed by atoms with Crippen molar-refractivity contribution in [3.8, 4) is 11.3 Å². The van der Waals surface area contributed by atoms with Gasteiger partial charge in [0.05, 0.1) is 5.69 Å². The van der Waals surface area contributed by atoms with Crippen molar-refractivity contribution in [2.75, 3.05) is 5.32 Å². The fourth-order valence-corrected chi connectivity index (χ4v) is 2.42. The number of rotatable bonds is 5. The molecule has 0 aliphatic carbocycles. The number of hydrogen-bond acceptors (Lipinski definition) is 4. The van der Waals surface area contributed by atoms with Crippen molar-refractivity contribution >= 4 is 17.3 Å². The molecule has 0 amide bonds. The summed E-state index contributed by atoms with van der Waals surface area (Å²) in [6.07, 6.45) is 2.02. The van der Waals surface area contributed by atoms with Crippen molar-refractivity contribution in [1.29, 1.82) is 0 Å². The van der Waals surface area contributed by atoms with Gasteiger partial charge in [-0.1, -0.05) is 42.8 Å². The Kier molecular flexibility index (Phi) is 4.66. The average Bonchev–Trinajstić information content (AvgIpc) is 2.63. The maximum absolute atomic E-state index is 11.9. The van der Waals surface area contributed by atoms with E-state index in [0.29, 0.717) is 12.0 Å². The molecule has 1 heterocycles. The molecule has 3 aromatic rings. The number of aryl methyl sites for hydroxylation is 1. The Balaban J connectivity index is 1.87. The summed E-state index contributed by atoms with van der Waals surface area (Å²) in [7, 11) is 0. The lowest BCUT2D eigenvalue weighted by Crippen LogP contribution is -1.98. The number of hydrogen-bond donors (Lipinski definition) is 1. The summed E-state index contributed by atoms with van der Waals surface area (Å²) < 4.78 is 0. The molecule has 4 nitrogen and oxygen atoms in total. The van der Waals surface area contributed by atoms with Crippen LogP contribution in [0.25, 0.3) is 11.3 Å². The zero-order chi connectivity index (χ0) is 16.9. The summed E-state index contributed by atoms with van der Waals surface area (Å²) in [5, 5.41) is 3.27. The molecular weight excluding hydrogens is 298 g/mol. The largest absolute Gasteiger partial charge is 0.340 e. The highest BCUT2D eigenvalue weighted by Crippen LogP contribution is 2.22. The molecule has 2 aromatic carbocycles. The Morgan fingerprint density at radius 2 is 1.83 bits per heavy atom. The molecule has 0 unspecified atom stereocenters. The lowest BCUT2D eigenvalue weighted by molar-refractivity contribution is 0.0988. The summed E-state index contributed by atoms with van der Waals surface area (Å²) in [4.78, 5) is 20.5. The number of anilines is 2. The fraction of sp³-hybridized carbons (Fsp3) is 0.150. The molecule has 0 atom stereocenters. The van der Waals surface area contributed by atoms with Crippen molar-refractivity contribution in [2.24, 2.45) is 0 Å². The van der Waals surface area contributed by atoms with Crippen LogP contribution in [-0.4, -0.2) is 15.8 Å². The number of carbonyl (C=O) groups excluding carboxylic acids is 1. The van der Waals surface area contributed by atoms with Crippen LogP contribution in [0.2, 0.25) is 0 Å². The summed E-state index contributed by atoms with van der Waals surface area (Å²) in [5.74, 6) is 0.847. The molecule has 0 fully saturated rings. The van der Waals surface area contributed by atoms with Gasteiger partial charge in [-0.05, 0) is 25.1 Å². The Labute approximate surface area is 141 Å². The number of nitrogens with zero attached hydrogens (tertiary/aromatic N) is 2. The first kappa shape index (κ1) is 15.9. The zero-order valence-corrected chi connectivity index (χ0v) is 13.8. The molecule has 0 radical (unpaired) electrons. The third kappa shape index (κ3) is 3.66. The zero-order valence-electron chi connectivity index (χ0n) is 13.8. The molecule has 4 heteroatoms. The molecule has 0 bridgehead atoms. The van der Waals surface area contributed by atoms with E-state index >= 15 is 0 Å². The highest BCUT2D eigenvalue weighted by atomic mass is 16.1. The lowest BCUT2D eigenvalue weighted by atomic mass is 10.0. The van der Waals surface area contributed by atoms with E-state index in [9.17, 15) is 4.79 Å². The smallest absolute Gasteiger partial charge is 0.162 e. The van der Waals surface area contributed by atoms with Crippen LogP contribution in [0.3, 0.4) is 0 Å². The van der Waals surface area contributed by atoms with Crippen LogP contribution in [0.5, 0.6) is 0 Å². The van der Waals surface area contributed by atoms with E-state index in [0.717, 1.165) is 22.8 Å². The van der Waals surface area contributed by atoms with Gasteiger partial charge in [0.1, 0.15) is 12.1 Å². The summed E-state index contributed by atoms with van der Waals surface area (Å²) in [6, 6.07) is 17.5. The highest BCUT2D eigenvalue weighted by molar-refractivity contribution is 5.96. The lowest BCUT2D eigenvalue weighted by Gasteiger charge is -2.08. The van der Waals surface area contributed by atoms with E-state index in [1.54, 1.807) is 0 Å². The minimum Gasteiger partial charge on any atom is -0.340 e. The quantitative estimate of drug-likeness (QED) is 0.687. The second kappa shape index (κ2) is 7.04. The van der Waals surface area contributed by atoms with Crippen LogP contribution >= 0.6 is 0 Å². The number of aromatic nitrogens is 2. The summed E-state index contributed by atoms with van der Waals surface area (Å²) in [6.45, 7) is 3.92. The summed E-state index contributed by atoms with van der Waals surface area (Å²) in [5.41, 5.74) is 4.58. The molecule has 0 saturated carbocycles. The van der Waals surface area contributed by atoms with Crippen LogP contribution in [-0.2, 0) is 0 Å². The molecule has 0 spiro atoms. The molecule has 1 N–H and O–H groups in total. The molecule has 24 heavy (non-hydrogen) atoms. The monoisotopic (exact) mass is 317 g/mol. The molecule has 120 valence electrons. The molecule has 0 aliphatic rings. The van der Waals surface area contributed by atoms with Gasteiger partial charge in [0.2, 0.25) is 0 Å². The van der Waals surface area contributed by atoms with Crippen LogP contribution in [0.15, 0.2) is 60.9 Å². The second-order valence-corrected chi connectivity index (χ2v) is 5.64. The Morgan fingerprint density at radius 1 is 1.04 bits per heavy atom. The number of ketones is 1. The molecule has 3 rings (SSSR count). The van der Waals surface area contributed by atoms with Gasteiger partial charge in [0.15, 0.2) is 5.78 Å². The van der Waals surface area contributed by atoms with E-state index in [1.165, 1.54) is 11.9 Å². The predicted octanol–water partition coefficient (Wildman–Crippen LogP) is 4.79. The Bertz CT molecular complexity index is 857. The molecule has 1 aromatic heterocycles. The van der Waals surface area contributed by atoms with Gasteiger partial charge in [0.25, 0.3) is 0 Å². The van der Waals surface area contributed by atoms with Crippen molar-refractivity contribution in [2.45, 2.75) is 20.3 Å². The first-order valence-corrected chi connectivity index (χ1v) is 7.95. The minimum atomic E-state index is 0.129. The van der Waals surface area contributed by atoms with Crippen LogP contribution in [0.1, 0.15) is 29.3 Å². The highest BCUT2D eigenvalue weighted by Gasteiger charge is 2.07. The van der Waals surface area contributed by atoms with E-state index in [1.807, 2.05) is 61.5 Å². The van der Waals surface area contributed by atoms with Crippen molar-refractivity contribution in [3.63, 3.8) is 0 Å². The van der Waals surface area contributed by atoms with Crippen molar-refractivity contribution in [1.82, 2.24) is 9.97 Å². The van der Waals surface area contributed by atoms with Crippen molar-refractivity contribution < 1.29 is 4.79 Å². The van der Waals surface area contributed by atoms with Crippen LogP contribution in [0, 0.1) is 6.92 Å². The van der Waals surface area contributed by atoms with Gasteiger partial charge in [-0.3, -0.25) is 4.79 Å². The van der Waals surface area contributed by atoms with Gasteiger partial charge in [0, 0.05) is 29.3 Å². The normalized spacial score (nSPS) is 10.4. The SMILES string of the molecule is CCC(=O)c1cccc(-c2cc(Nc3ccc(C)cc3)ncn2)c1.